The maximum Gasteiger partial charge on any atom is 0.0938 e. The SMILES string of the molecule is CCCNCCN1CC(O)C(O)C1. The summed E-state index contributed by atoms with van der Waals surface area (Å²) in [5.41, 5.74) is 0. The molecule has 1 fully saturated rings. The molecule has 4 nitrogen and oxygen atoms in total. The molecule has 2 atom stereocenters. The fourth-order valence-electron chi connectivity index (χ4n) is 1.57. The van der Waals surface area contributed by atoms with Gasteiger partial charge in [0.15, 0.2) is 0 Å². The maximum absolute atomic E-state index is 9.26. The quantitative estimate of drug-likeness (QED) is 0.486. The van der Waals surface area contributed by atoms with Crippen LogP contribution in [0.5, 0.6) is 0 Å². The Morgan fingerprint density at radius 1 is 1.23 bits per heavy atom. The van der Waals surface area contributed by atoms with Gasteiger partial charge in [-0.05, 0) is 13.0 Å². The van der Waals surface area contributed by atoms with E-state index >= 15 is 0 Å². The normalized spacial score (nSPS) is 29.8. The Kier molecular flexibility index (Phi) is 4.66. The molecule has 3 N–H and O–H groups in total. The highest BCUT2D eigenvalue weighted by Gasteiger charge is 2.28. The minimum Gasteiger partial charge on any atom is -0.389 e. The van der Waals surface area contributed by atoms with Gasteiger partial charge in [-0.25, -0.2) is 0 Å². The summed E-state index contributed by atoms with van der Waals surface area (Å²) in [6, 6.07) is 0. The molecule has 0 aromatic carbocycles. The molecule has 0 spiro atoms. The molecule has 0 aliphatic carbocycles. The molecule has 1 rings (SSSR count). The lowest BCUT2D eigenvalue weighted by Crippen LogP contribution is -2.31. The number of hydrogen-bond acceptors (Lipinski definition) is 4. The van der Waals surface area contributed by atoms with Gasteiger partial charge >= 0.3 is 0 Å². The predicted molar refractivity (Wildman–Crippen MR) is 51.6 cm³/mol. The van der Waals surface area contributed by atoms with Crippen molar-refractivity contribution in [2.75, 3.05) is 32.7 Å². The van der Waals surface area contributed by atoms with Crippen LogP contribution in [0.15, 0.2) is 0 Å². The van der Waals surface area contributed by atoms with Gasteiger partial charge in [0.05, 0.1) is 12.2 Å². The number of nitrogens with one attached hydrogen (secondary N) is 1. The maximum atomic E-state index is 9.26. The van der Waals surface area contributed by atoms with Crippen molar-refractivity contribution in [2.45, 2.75) is 25.6 Å². The number of aliphatic hydroxyl groups is 2. The molecule has 0 radical (unpaired) electrons. The molecule has 1 saturated heterocycles. The number of aliphatic hydroxyl groups excluding tert-OH is 2. The average Bonchev–Trinajstić information content (AvgIpc) is 2.41. The van der Waals surface area contributed by atoms with Crippen LogP contribution in [0.25, 0.3) is 0 Å². The van der Waals surface area contributed by atoms with Crippen LogP contribution in [0.4, 0.5) is 0 Å². The number of likely N-dealkylation sites (tertiary alicyclic amines) is 1. The Labute approximate surface area is 79.6 Å². The second kappa shape index (κ2) is 5.54. The monoisotopic (exact) mass is 188 g/mol. The summed E-state index contributed by atoms with van der Waals surface area (Å²) in [5.74, 6) is 0. The lowest BCUT2D eigenvalue weighted by Gasteiger charge is -2.14. The van der Waals surface area contributed by atoms with Gasteiger partial charge in [-0.2, -0.15) is 0 Å². The fourth-order valence-corrected chi connectivity index (χ4v) is 1.57. The third-order valence-corrected chi connectivity index (χ3v) is 2.37. The number of rotatable bonds is 5. The molecule has 1 aliphatic heterocycles. The van der Waals surface area contributed by atoms with Gasteiger partial charge in [0.2, 0.25) is 0 Å². The van der Waals surface area contributed by atoms with Crippen LogP contribution in [0.2, 0.25) is 0 Å². The summed E-state index contributed by atoms with van der Waals surface area (Å²) >= 11 is 0. The van der Waals surface area contributed by atoms with Gasteiger partial charge < -0.3 is 15.5 Å². The molecule has 78 valence electrons. The number of hydrogen-bond donors (Lipinski definition) is 3. The summed E-state index contributed by atoms with van der Waals surface area (Å²) in [5, 5.41) is 21.8. The average molecular weight is 188 g/mol. The molecule has 13 heavy (non-hydrogen) atoms. The summed E-state index contributed by atoms with van der Waals surface area (Å²) in [7, 11) is 0. The standard InChI is InChI=1S/C9H20N2O2/c1-2-3-10-4-5-11-6-8(12)9(13)7-11/h8-10,12-13H,2-7H2,1H3. The van der Waals surface area contributed by atoms with E-state index in [0.29, 0.717) is 13.1 Å². The van der Waals surface area contributed by atoms with E-state index in [9.17, 15) is 10.2 Å². The van der Waals surface area contributed by atoms with Crippen molar-refractivity contribution in [1.82, 2.24) is 10.2 Å². The lowest BCUT2D eigenvalue weighted by molar-refractivity contribution is 0.0572. The first-order valence-corrected chi connectivity index (χ1v) is 5.03. The van der Waals surface area contributed by atoms with E-state index in [4.69, 9.17) is 0 Å². The predicted octanol–water partition coefficient (Wildman–Crippen LogP) is -0.977. The number of nitrogens with zero attached hydrogens (tertiary/aromatic N) is 1. The Morgan fingerprint density at radius 3 is 2.38 bits per heavy atom. The molecule has 2 unspecified atom stereocenters. The van der Waals surface area contributed by atoms with Gasteiger partial charge in [0, 0.05) is 26.2 Å². The van der Waals surface area contributed by atoms with E-state index in [0.717, 1.165) is 26.1 Å². The third-order valence-electron chi connectivity index (χ3n) is 2.37. The zero-order valence-corrected chi connectivity index (χ0v) is 8.24. The second-order valence-electron chi connectivity index (χ2n) is 3.64. The largest absolute Gasteiger partial charge is 0.389 e. The van der Waals surface area contributed by atoms with Crippen LogP contribution in [-0.4, -0.2) is 60.0 Å². The van der Waals surface area contributed by atoms with Gasteiger partial charge in [-0.1, -0.05) is 6.92 Å². The molecular weight excluding hydrogens is 168 g/mol. The minimum absolute atomic E-state index is 0.550. The van der Waals surface area contributed by atoms with Crippen molar-refractivity contribution in [1.29, 1.82) is 0 Å². The Balaban J connectivity index is 2.03. The Morgan fingerprint density at radius 2 is 1.85 bits per heavy atom. The van der Waals surface area contributed by atoms with Crippen molar-refractivity contribution in [3.05, 3.63) is 0 Å². The summed E-state index contributed by atoms with van der Waals surface area (Å²) in [6.07, 6.45) is 0.0444. The van der Waals surface area contributed by atoms with E-state index < -0.39 is 12.2 Å². The first-order valence-electron chi connectivity index (χ1n) is 5.03. The highest BCUT2D eigenvalue weighted by Crippen LogP contribution is 2.08. The molecule has 0 bridgehead atoms. The molecule has 0 amide bonds. The molecule has 0 aromatic rings. The Bertz CT molecular complexity index is 134. The van der Waals surface area contributed by atoms with Crippen molar-refractivity contribution in [2.24, 2.45) is 0 Å². The second-order valence-corrected chi connectivity index (χ2v) is 3.64. The topological polar surface area (TPSA) is 55.7 Å². The van der Waals surface area contributed by atoms with Crippen LogP contribution in [0.1, 0.15) is 13.3 Å². The first kappa shape index (κ1) is 10.9. The third kappa shape index (κ3) is 3.60. The van der Waals surface area contributed by atoms with Crippen LogP contribution in [0.3, 0.4) is 0 Å². The van der Waals surface area contributed by atoms with Gasteiger partial charge in [-0.3, -0.25) is 4.90 Å². The molecule has 1 aliphatic rings. The smallest absolute Gasteiger partial charge is 0.0938 e. The van der Waals surface area contributed by atoms with Crippen molar-refractivity contribution >= 4 is 0 Å². The van der Waals surface area contributed by atoms with Crippen LogP contribution >= 0.6 is 0 Å². The van der Waals surface area contributed by atoms with E-state index in [-0.39, 0.29) is 0 Å². The van der Waals surface area contributed by atoms with Crippen LogP contribution in [-0.2, 0) is 0 Å². The molecule has 0 saturated carbocycles. The molecule has 1 heterocycles. The first-order chi connectivity index (χ1) is 6.24. The van der Waals surface area contributed by atoms with Gasteiger partial charge in [0.1, 0.15) is 0 Å². The van der Waals surface area contributed by atoms with E-state index in [1.54, 1.807) is 0 Å². The number of β-amino-alcohol motifs (C(OH)–C–C–N with tert-alkyl or cyclic N) is 2. The van der Waals surface area contributed by atoms with Crippen molar-refractivity contribution in [3.63, 3.8) is 0 Å². The highest BCUT2D eigenvalue weighted by molar-refractivity contribution is 4.83. The highest BCUT2D eigenvalue weighted by atomic mass is 16.3. The van der Waals surface area contributed by atoms with E-state index in [1.165, 1.54) is 0 Å². The summed E-state index contributed by atoms with van der Waals surface area (Å²) < 4.78 is 0. The summed E-state index contributed by atoms with van der Waals surface area (Å²) in [6.45, 7) is 6.24. The fraction of sp³-hybridized carbons (Fsp3) is 1.00. The minimum atomic E-state index is -0.550. The molecular formula is C9H20N2O2. The lowest BCUT2D eigenvalue weighted by atomic mass is 10.3. The molecule has 4 heteroatoms. The van der Waals surface area contributed by atoms with E-state index in [1.807, 2.05) is 0 Å². The van der Waals surface area contributed by atoms with Crippen LogP contribution in [0, 0.1) is 0 Å². The van der Waals surface area contributed by atoms with Crippen LogP contribution < -0.4 is 5.32 Å². The Hall–Kier alpha value is -0.160. The zero-order chi connectivity index (χ0) is 9.68. The van der Waals surface area contributed by atoms with Gasteiger partial charge in [0.25, 0.3) is 0 Å². The zero-order valence-electron chi connectivity index (χ0n) is 8.24. The van der Waals surface area contributed by atoms with Crippen molar-refractivity contribution < 1.29 is 10.2 Å². The van der Waals surface area contributed by atoms with Crippen molar-refractivity contribution in [3.8, 4) is 0 Å². The van der Waals surface area contributed by atoms with Gasteiger partial charge in [-0.15, -0.1) is 0 Å². The van der Waals surface area contributed by atoms with E-state index in [2.05, 4.69) is 17.1 Å². The molecule has 0 aromatic heterocycles. The summed E-state index contributed by atoms with van der Waals surface area (Å²) in [4.78, 5) is 2.08.